The number of amides is 1. The highest BCUT2D eigenvalue weighted by atomic mass is 32.1. The summed E-state index contributed by atoms with van der Waals surface area (Å²) in [5.41, 5.74) is -3.36. The first-order valence-corrected chi connectivity index (χ1v) is 11.5. The molecule has 4 rings (SSSR count). The van der Waals surface area contributed by atoms with Gasteiger partial charge < -0.3 is 9.47 Å². The lowest BCUT2D eigenvalue weighted by Crippen LogP contribution is -2.33. The van der Waals surface area contributed by atoms with Crippen LogP contribution in [-0.2, 0) is 25.9 Å². The normalized spacial score (nSPS) is 12.2. The summed E-state index contributed by atoms with van der Waals surface area (Å²) < 4.78 is 94.7. The highest BCUT2D eigenvalue weighted by Gasteiger charge is 2.37. The molecule has 2 aromatic heterocycles. The van der Waals surface area contributed by atoms with Gasteiger partial charge in [0.05, 0.1) is 16.5 Å². The fraction of sp³-hybridized carbons (Fsp3) is 0.200. The molecule has 1 amide bonds. The number of hydrogen-bond donors (Lipinski definition) is 0. The maximum Gasteiger partial charge on any atom is 0.416 e. The van der Waals surface area contributed by atoms with E-state index in [4.69, 9.17) is 0 Å². The number of fused-ring (bicyclic) bond motifs is 1. The molecule has 194 valence electrons. The van der Waals surface area contributed by atoms with Gasteiger partial charge in [0.15, 0.2) is 0 Å². The molecule has 0 fully saturated rings. The molecule has 0 N–H and O–H groups in total. The second kappa shape index (κ2) is 9.33. The minimum Gasteiger partial charge on any atom is -0.336 e. The molecule has 0 aliphatic heterocycles. The monoisotopic (exact) mass is 542 g/mol. The maximum absolute atomic E-state index is 13.6. The number of carbonyl (C=O) groups excluding carboxylic acids is 1. The highest BCUT2D eigenvalue weighted by Crippen LogP contribution is 2.37. The molecule has 0 aliphatic rings. The Bertz CT molecular complexity index is 1520. The molecule has 4 nitrogen and oxygen atoms in total. The Balaban J connectivity index is 1.83. The van der Waals surface area contributed by atoms with Gasteiger partial charge in [-0.05, 0) is 52.9 Å². The molecule has 0 unspecified atom stereocenters. The molecule has 0 atom stereocenters. The number of pyridine rings is 1. The average Bonchev–Trinajstić information content (AvgIpc) is 3.30. The number of alkyl halides is 6. The van der Waals surface area contributed by atoms with E-state index >= 15 is 0 Å². The predicted octanol–water partition coefficient (Wildman–Crippen LogP) is 6.72. The van der Waals surface area contributed by atoms with Gasteiger partial charge in [-0.15, -0.1) is 11.3 Å². The Morgan fingerprint density at radius 2 is 1.51 bits per heavy atom. The molecule has 0 aliphatic carbocycles. The molecular weight excluding hydrogens is 525 g/mol. The summed E-state index contributed by atoms with van der Waals surface area (Å²) in [6.07, 6.45) is -10.1. The Morgan fingerprint density at radius 3 is 2.05 bits per heavy atom. The number of halogens is 7. The summed E-state index contributed by atoms with van der Waals surface area (Å²) in [5, 5.41) is 1.94. The van der Waals surface area contributed by atoms with Crippen molar-refractivity contribution in [2.75, 3.05) is 7.05 Å². The quantitative estimate of drug-likeness (QED) is 0.269. The van der Waals surface area contributed by atoms with Crippen LogP contribution in [0.25, 0.3) is 21.2 Å². The van der Waals surface area contributed by atoms with Crippen LogP contribution < -0.4 is 5.56 Å². The lowest BCUT2D eigenvalue weighted by molar-refractivity contribution is -0.143. The first kappa shape index (κ1) is 26.4. The van der Waals surface area contributed by atoms with E-state index in [2.05, 4.69) is 0 Å². The van der Waals surface area contributed by atoms with Crippen molar-refractivity contribution in [1.29, 1.82) is 0 Å². The molecule has 12 heteroatoms. The fourth-order valence-electron chi connectivity index (χ4n) is 4.00. The molecular formula is C25H17F7N2O2S. The van der Waals surface area contributed by atoms with E-state index in [1.165, 1.54) is 38.4 Å². The number of hydrogen-bond acceptors (Lipinski definition) is 3. The second-order valence-corrected chi connectivity index (χ2v) is 9.25. The van der Waals surface area contributed by atoms with Crippen LogP contribution in [-0.4, -0.2) is 22.4 Å². The number of benzene rings is 2. The summed E-state index contributed by atoms with van der Waals surface area (Å²) in [7, 11) is 2.53. The minimum absolute atomic E-state index is 0.00634. The van der Waals surface area contributed by atoms with Gasteiger partial charge in [0.2, 0.25) is 0 Å². The van der Waals surface area contributed by atoms with Gasteiger partial charge in [0.1, 0.15) is 11.5 Å². The van der Waals surface area contributed by atoms with E-state index in [1.807, 2.05) is 0 Å². The zero-order valence-corrected chi connectivity index (χ0v) is 20.0. The number of nitrogens with zero attached hydrogens (tertiary/aromatic N) is 2. The van der Waals surface area contributed by atoms with Crippen molar-refractivity contribution < 1.29 is 35.5 Å². The standard InChI is InChI=1S/C25H17F7N2O2S/c1-33(12-13-9-15(24(27,28)29)11-16(10-13)25(30,31)32)23(36)20-19(14-3-5-17(26)6-4-14)21-18(7-8-37-21)22(35)34(20)2/h3-11H,12H2,1-2H3. The van der Waals surface area contributed by atoms with Gasteiger partial charge in [-0.3, -0.25) is 9.59 Å². The van der Waals surface area contributed by atoms with Crippen molar-refractivity contribution in [3.63, 3.8) is 0 Å². The van der Waals surface area contributed by atoms with Crippen LogP contribution in [0, 0.1) is 5.82 Å². The van der Waals surface area contributed by atoms with Crippen LogP contribution in [0.4, 0.5) is 30.7 Å². The first-order valence-electron chi connectivity index (χ1n) is 10.6. The van der Waals surface area contributed by atoms with Crippen LogP contribution in [0.5, 0.6) is 0 Å². The number of carbonyl (C=O) groups is 1. The number of rotatable bonds is 4. The molecule has 4 aromatic rings. The van der Waals surface area contributed by atoms with Gasteiger partial charge in [-0.1, -0.05) is 12.1 Å². The van der Waals surface area contributed by atoms with Crippen molar-refractivity contribution in [2.45, 2.75) is 18.9 Å². The van der Waals surface area contributed by atoms with E-state index in [1.54, 1.807) is 11.4 Å². The van der Waals surface area contributed by atoms with Crippen LogP contribution in [0.15, 0.2) is 58.7 Å². The molecule has 0 saturated heterocycles. The van der Waals surface area contributed by atoms with E-state index in [9.17, 15) is 40.3 Å². The van der Waals surface area contributed by atoms with Crippen LogP contribution >= 0.6 is 11.3 Å². The number of aromatic nitrogens is 1. The van der Waals surface area contributed by atoms with Crippen LogP contribution in [0.3, 0.4) is 0 Å². The van der Waals surface area contributed by atoms with Crippen molar-refractivity contribution in [1.82, 2.24) is 9.47 Å². The van der Waals surface area contributed by atoms with Crippen molar-refractivity contribution >= 4 is 27.3 Å². The van der Waals surface area contributed by atoms with E-state index in [-0.39, 0.29) is 11.8 Å². The van der Waals surface area contributed by atoms with E-state index in [0.29, 0.717) is 33.3 Å². The Hall–Kier alpha value is -3.67. The van der Waals surface area contributed by atoms with Crippen LogP contribution in [0.1, 0.15) is 27.2 Å². The fourth-order valence-corrected chi connectivity index (χ4v) is 4.96. The summed E-state index contributed by atoms with van der Waals surface area (Å²) in [5.74, 6) is -1.36. The molecule has 37 heavy (non-hydrogen) atoms. The van der Waals surface area contributed by atoms with Crippen molar-refractivity contribution in [3.05, 3.63) is 92.5 Å². The highest BCUT2D eigenvalue weighted by molar-refractivity contribution is 7.17. The summed E-state index contributed by atoms with van der Waals surface area (Å²) in [4.78, 5) is 27.4. The van der Waals surface area contributed by atoms with Gasteiger partial charge in [0.25, 0.3) is 11.5 Å². The van der Waals surface area contributed by atoms with Crippen molar-refractivity contribution in [2.24, 2.45) is 7.05 Å². The molecule has 2 aromatic carbocycles. The summed E-state index contributed by atoms with van der Waals surface area (Å²) >= 11 is 1.16. The lowest BCUT2D eigenvalue weighted by atomic mass is 10.0. The third-order valence-electron chi connectivity index (χ3n) is 5.75. The van der Waals surface area contributed by atoms with Gasteiger partial charge in [0, 0.05) is 30.9 Å². The Morgan fingerprint density at radius 1 is 0.946 bits per heavy atom. The zero-order chi connectivity index (χ0) is 27.3. The van der Waals surface area contributed by atoms with E-state index in [0.717, 1.165) is 20.8 Å². The maximum atomic E-state index is 13.6. The van der Waals surface area contributed by atoms with Gasteiger partial charge in [-0.2, -0.15) is 26.3 Å². The van der Waals surface area contributed by atoms with E-state index < -0.39 is 52.9 Å². The number of thiophene rings is 1. The lowest BCUT2D eigenvalue weighted by Gasteiger charge is -2.23. The van der Waals surface area contributed by atoms with Gasteiger partial charge in [-0.25, -0.2) is 4.39 Å². The smallest absolute Gasteiger partial charge is 0.336 e. The zero-order valence-electron chi connectivity index (χ0n) is 19.2. The molecule has 2 heterocycles. The molecule has 0 spiro atoms. The molecule has 0 radical (unpaired) electrons. The van der Waals surface area contributed by atoms with Crippen LogP contribution in [0.2, 0.25) is 0 Å². The minimum atomic E-state index is -5.04. The second-order valence-electron chi connectivity index (χ2n) is 8.33. The Labute approximate surface area is 209 Å². The molecule has 0 bridgehead atoms. The average molecular weight is 542 g/mol. The third-order valence-corrected chi connectivity index (χ3v) is 6.68. The predicted molar refractivity (Wildman–Crippen MR) is 125 cm³/mol. The SMILES string of the molecule is CN(Cc1cc(C(F)(F)F)cc(C(F)(F)F)c1)C(=O)c1c(-c2ccc(F)cc2)c2sccc2c(=O)n1C. The first-order chi connectivity index (χ1) is 17.2. The largest absolute Gasteiger partial charge is 0.416 e. The Kier molecular flexibility index (Phi) is 6.65. The van der Waals surface area contributed by atoms with Crippen molar-refractivity contribution in [3.8, 4) is 11.1 Å². The van der Waals surface area contributed by atoms with Gasteiger partial charge >= 0.3 is 12.4 Å². The summed E-state index contributed by atoms with van der Waals surface area (Å²) in [6, 6.07) is 7.81. The third kappa shape index (κ3) is 5.10. The summed E-state index contributed by atoms with van der Waals surface area (Å²) in [6.45, 7) is -0.606. The topological polar surface area (TPSA) is 42.3 Å². The molecule has 0 saturated carbocycles.